The Bertz CT molecular complexity index is 1520. The third-order valence-electron chi connectivity index (χ3n) is 6.60. The first-order valence-corrected chi connectivity index (χ1v) is 14.6. The number of rotatable bonds is 9. The molecule has 3 heterocycles. The number of carboxylic acid groups (broad SMARTS) is 1. The van der Waals surface area contributed by atoms with Crippen molar-refractivity contribution in [2.75, 3.05) is 13.6 Å². The minimum absolute atomic E-state index is 0.0243. The van der Waals surface area contributed by atoms with E-state index < -0.39 is 69.2 Å². The molecule has 1 fully saturated rings. The van der Waals surface area contributed by atoms with Crippen LogP contribution in [0.3, 0.4) is 0 Å². The number of nitrogens with zero attached hydrogens (tertiary/aromatic N) is 2. The monoisotopic (exact) mass is 616 g/mol. The number of likely N-dealkylation sites (N-methyl/N-ethyl adjacent to an activating group) is 1. The SMILES string of the molecule is CN1CC(C(F)(F)F)=NC=C1C(=O)c1ccsc1S(=O)(=O)C1CC[C@@H](C(=O)N[C@@H](Cc2ccc(F)cc2)C(=O)O)N1. The van der Waals surface area contributed by atoms with Gasteiger partial charge >= 0.3 is 12.1 Å². The van der Waals surface area contributed by atoms with Crippen molar-refractivity contribution in [2.45, 2.75) is 47.1 Å². The fourth-order valence-electron chi connectivity index (χ4n) is 4.42. The van der Waals surface area contributed by atoms with Gasteiger partial charge in [-0.05, 0) is 42.0 Å². The van der Waals surface area contributed by atoms with Crippen molar-refractivity contribution in [1.29, 1.82) is 0 Å². The first-order chi connectivity index (χ1) is 19.2. The molecule has 1 unspecified atom stereocenters. The molecule has 3 atom stereocenters. The average Bonchev–Trinajstić information content (AvgIpc) is 3.60. The van der Waals surface area contributed by atoms with Crippen LogP contribution in [0.15, 0.2) is 56.8 Å². The lowest BCUT2D eigenvalue weighted by molar-refractivity contribution is -0.142. The third-order valence-corrected chi connectivity index (χ3v) is 10.1. The quantitative estimate of drug-likeness (QED) is 0.288. The summed E-state index contributed by atoms with van der Waals surface area (Å²) in [5, 5.41) is 14.7. The van der Waals surface area contributed by atoms with Crippen molar-refractivity contribution >= 4 is 44.5 Å². The van der Waals surface area contributed by atoms with Crippen LogP contribution in [-0.2, 0) is 25.8 Å². The number of aliphatic imine (C=N–C) groups is 1. The van der Waals surface area contributed by atoms with Crippen LogP contribution in [0.2, 0.25) is 0 Å². The number of carbonyl (C=O) groups excluding carboxylic acids is 2. The van der Waals surface area contributed by atoms with Gasteiger partial charge in [0.15, 0.2) is 0 Å². The summed E-state index contributed by atoms with van der Waals surface area (Å²) < 4.78 is 78.7. The van der Waals surface area contributed by atoms with E-state index in [0.717, 1.165) is 34.6 Å². The number of hydrogen-bond donors (Lipinski definition) is 3. The van der Waals surface area contributed by atoms with Gasteiger partial charge in [0.2, 0.25) is 21.5 Å². The van der Waals surface area contributed by atoms with Crippen LogP contribution in [0.25, 0.3) is 0 Å². The van der Waals surface area contributed by atoms with Gasteiger partial charge in [0, 0.05) is 13.5 Å². The Morgan fingerprint density at radius 3 is 2.49 bits per heavy atom. The van der Waals surface area contributed by atoms with E-state index in [9.17, 15) is 45.5 Å². The summed E-state index contributed by atoms with van der Waals surface area (Å²) in [6.07, 6.45) is -4.03. The van der Waals surface area contributed by atoms with Gasteiger partial charge in [-0.3, -0.25) is 19.9 Å². The van der Waals surface area contributed by atoms with E-state index >= 15 is 0 Å². The molecule has 1 saturated heterocycles. The highest BCUT2D eigenvalue weighted by Crippen LogP contribution is 2.33. The van der Waals surface area contributed by atoms with Crippen LogP contribution >= 0.6 is 11.3 Å². The maximum atomic E-state index is 13.5. The molecule has 3 N–H and O–H groups in total. The Labute approximate surface area is 235 Å². The molecular weight excluding hydrogens is 592 g/mol. The van der Waals surface area contributed by atoms with Crippen molar-refractivity contribution in [3.05, 3.63) is 64.6 Å². The minimum atomic E-state index is -4.68. The number of carboxylic acids is 1. The van der Waals surface area contributed by atoms with E-state index in [1.807, 2.05) is 0 Å². The topological polar surface area (TPSA) is 145 Å². The number of carbonyl (C=O) groups is 3. The standard InChI is InChI=1S/C25H24F4N4O6S2/c1-33-12-19(25(27,28)29)30-11-18(33)21(34)15-8-9-40-24(15)41(38,39)20-7-6-16(31-20)22(35)32-17(23(36)37)10-13-2-4-14(26)5-3-13/h2-5,8-9,11,16-17,20,31H,6-7,10,12H2,1H3,(H,32,35)(H,36,37)/t16-,17-,20?/m0/s1. The number of Topliss-reactive ketones (excluding diaryl/α,β-unsaturated/α-hetero) is 1. The molecule has 1 aromatic heterocycles. The highest BCUT2D eigenvalue weighted by molar-refractivity contribution is 7.94. The normalized spacial score (nSPS) is 20.3. The number of ketones is 1. The van der Waals surface area contributed by atoms with Crippen LogP contribution in [0, 0.1) is 5.82 Å². The molecule has 4 rings (SSSR count). The predicted octanol–water partition coefficient (Wildman–Crippen LogP) is 2.52. The van der Waals surface area contributed by atoms with Gasteiger partial charge in [-0.2, -0.15) is 13.2 Å². The van der Waals surface area contributed by atoms with E-state index in [0.29, 0.717) is 5.56 Å². The molecule has 16 heteroatoms. The van der Waals surface area contributed by atoms with Gasteiger partial charge in [-0.25, -0.2) is 17.6 Å². The maximum Gasteiger partial charge on any atom is 0.431 e. The summed E-state index contributed by atoms with van der Waals surface area (Å²) in [6, 6.07) is 3.93. The second-order valence-electron chi connectivity index (χ2n) is 9.46. The predicted molar refractivity (Wildman–Crippen MR) is 140 cm³/mol. The molecule has 0 spiro atoms. The van der Waals surface area contributed by atoms with Crippen LogP contribution in [0.4, 0.5) is 17.6 Å². The summed E-state index contributed by atoms with van der Waals surface area (Å²) in [5.74, 6) is -3.41. The van der Waals surface area contributed by atoms with Gasteiger partial charge in [0.1, 0.15) is 32.9 Å². The lowest BCUT2D eigenvalue weighted by Gasteiger charge is -2.26. The van der Waals surface area contributed by atoms with Gasteiger partial charge in [0.25, 0.3) is 0 Å². The van der Waals surface area contributed by atoms with Gasteiger partial charge in [-0.1, -0.05) is 12.1 Å². The van der Waals surface area contributed by atoms with Crippen molar-refractivity contribution < 1.29 is 45.5 Å². The number of aliphatic carboxylic acids is 1. The number of amides is 1. The maximum absolute atomic E-state index is 13.5. The lowest BCUT2D eigenvalue weighted by atomic mass is 10.1. The molecule has 2 aliphatic heterocycles. The Hall–Kier alpha value is -3.63. The van der Waals surface area contributed by atoms with E-state index in [-0.39, 0.29) is 34.7 Å². The third kappa shape index (κ3) is 6.65. The van der Waals surface area contributed by atoms with Crippen LogP contribution in [0.5, 0.6) is 0 Å². The Morgan fingerprint density at radius 2 is 1.88 bits per heavy atom. The Kier molecular flexibility index (Phi) is 8.65. The summed E-state index contributed by atoms with van der Waals surface area (Å²) in [5.41, 5.74) is -1.09. The van der Waals surface area contributed by atoms with Crippen LogP contribution in [-0.4, -0.2) is 79.0 Å². The molecule has 1 aromatic carbocycles. The molecule has 0 aliphatic carbocycles. The number of nitrogens with one attached hydrogen (secondary N) is 2. The average molecular weight is 617 g/mol. The smallest absolute Gasteiger partial charge is 0.431 e. The molecule has 2 aromatic rings. The van der Waals surface area contributed by atoms with Crippen LogP contribution in [0.1, 0.15) is 28.8 Å². The minimum Gasteiger partial charge on any atom is -0.480 e. The number of halogens is 4. The molecule has 0 saturated carbocycles. The molecule has 220 valence electrons. The van der Waals surface area contributed by atoms with Crippen LogP contribution < -0.4 is 10.6 Å². The number of benzene rings is 1. The highest BCUT2D eigenvalue weighted by Gasteiger charge is 2.42. The zero-order valence-electron chi connectivity index (χ0n) is 21.3. The fraction of sp³-hybridized carbons (Fsp3) is 0.360. The van der Waals surface area contributed by atoms with E-state index in [4.69, 9.17) is 0 Å². The fourth-order valence-corrected chi connectivity index (χ4v) is 7.61. The van der Waals surface area contributed by atoms with Crippen molar-refractivity contribution in [3.8, 4) is 0 Å². The van der Waals surface area contributed by atoms with Gasteiger partial charge < -0.3 is 15.3 Å². The molecular formula is C25H24F4N4O6S2. The second kappa shape index (κ2) is 11.7. The van der Waals surface area contributed by atoms with E-state index in [1.54, 1.807) is 0 Å². The van der Waals surface area contributed by atoms with E-state index in [1.165, 1.54) is 30.6 Å². The largest absolute Gasteiger partial charge is 0.480 e. The Balaban J connectivity index is 1.46. The molecule has 41 heavy (non-hydrogen) atoms. The van der Waals surface area contributed by atoms with Gasteiger partial charge in [0.05, 0.1) is 24.4 Å². The molecule has 1 amide bonds. The number of thiophene rings is 1. The van der Waals surface area contributed by atoms with Crippen molar-refractivity contribution in [3.63, 3.8) is 0 Å². The zero-order valence-corrected chi connectivity index (χ0v) is 22.9. The first kappa shape index (κ1) is 30.3. The second-order valence-corrected chi connectivity index (χ2v) is 12.7. The molecule has 0 bridgehead atoms. The lowest BCUT2D eigenvalue weighted by Crippen LogP contribution is -2.50. The molecule has 0 radical (unpaired) electrons. The molecule has 10 nitrogen and oxygen atoms in total. The number of sulfone groups is 1. The Morgan fingerprint density at radius 1 is 1.20 bits per heavy atom. The summed E-state index contributed by atoms with van der Waals surface area (Å²) in [4.78, 5) is 42.1. The zero-order chi connectivity index (χ0) is 30.1. The number of allylic oxidation sites excluding steroid dienone is 1. The summed E-state index contributed by atoms with van der Waals surface area (Å²) in [6.45, 7) is -0.688. The van der Waals surface area contributed by atoms with Gasteiger partial charge in [-0.15, -0.1) is 11.3 Å². The highest BCUT2D eigenvalue weighted by atomic mass is 32.2. The first-order valence-electron chi connectivity index (χ1n) is 12.1. The summed E-state index contributed by atoms with van der Waals surface area (Å²) in [7, 11) is -2.98. The number of hydrogen-bond acceptors (Lipinski definition) is 9. The van der Waals surface area contributed by atoms with Crippen molar-refractivity contribution in [2.24, 2.45) is 4.99 Å². The summed E-state index contributed by atoms with van der Waals surface area (Å²) >= 11 is 0.753. The van der Waals surface area contributed by atoms with E-state index in [2.05, 4.69) is 15.6 Å². The van der Waals surface area contributed by atoms with Crippen molar-refractivity contribution in [1.82, 2.24) is 15.5 Å². The number of alkyl halides is 3. The molecule has 2 aliphatic rings.